The van der Waals surface area contributed by atoms with Gasteiger partial charge in [-0.25, -0.2) is 0 Å². The summed E-state index contributed by atoms with van der Waals surface area (Å²) in [7, 11) is 2.61. The van der Waals surface area contributed by atoms with Gasteiger partial charge in [-0.05, 0) is 24.5 Å². The van der Waals surface area contributed by atoms with Crippen molar-refractivity contribution in [1.29, 1.82) is 0 Å². The maximum atomic E-state index is 11.4. The van der Waals surface area contributed by atoms with E-state index in [1.807, 2.05) is 0 Å². The number of aryl methyl sites for hydroxylation is 1. The van der Waals surface area contributed by atoms with Crippen molar-refractivity contribution in [3.63, 3.8) is 0 Å². The van der Waals surface area contributed by atoms with Crippen molar-refractivity contribution >= 4 is 18.2 Å². The summed E-state index contributed by atoms with van der Waals surface area (Å²) < 4.78 is 9.19. The zero-order valence-corrected chi connectivity index (χ0v) is 11.2. The summed E-state index contributed by atoms with van der Waals surface area (Å²) in [5, 5.41) is 0. The van der Waals surface area contributed by atoms with Gasteiger partial charge >= 0.3 is 11.9 Å². The van der Waals surface area contributed by atoms with Crippen LogP contribution in [0.25, 0.3) is 0 Å². The van der Waals surface area contributed by atoms with Crippen LogP contribution in [0.1, 0.15) is 33.7 Å². The van der Waals surface area contributed by atoms with E-state index in [2.05, 4.69) is 14.5 Å². The van der Waals surface area contributed by atoms with Gasteiger partial charge in [0.05, 0.1) is 26.3 Å². The molecule has 0 fully saturated rings. The first-order valence-corrected chi connectivity index (χ1v) is 5.82. The average molecular weight is 267 g/mol. The Morgan fingerprint density at radius 1 is 1.16 bits per heavy atom. The minimum absolute atomic E-state index is 0.0726. The number of carbonyl (C=O) groups excluding carboxylic acids is 3. The Hall–Kier alpha value is -2.11. The van der Waals surface area contributed by atoms with Gasteiger partial charge in [0.25, 0.3) is 0 Å². The molecule has 0 aliphatic heterocycles. The number of esters is 2. The number of aromatic amines is 1. The molecule has 0 spiro atoms. The molecule has 6 heteroatoms. The van der Waals surface area contributed by atoms with E-state index < -0.39 is 0 Å². The van der Waals surface area contributed by atoms with Crippen LogP contribution in [-0.2, 0) is 31.9 Å². The predicted octanol–water partition coefficient (Wildman–Crippen LogP) is 0.957. The number of aldehydes is 1. The SMILES string of the molecule is COC(=O)CCc1c(C=O)[nH]c(C)c1CC(=O)OC. The molecule has 1 heterocycles. The van der Waals surface area contributed by atoms with Crippen molar-refractivity contribution in [2.45, 2.75) is 26.2 Å². The molecule has 0 amide bonds. The first kappa shape index (κ1) is 14.9. The fourth-order valence-corrected chi connectivity index (χ4v) is 1.91. The molecule has 19 heavy (non-hydrogen) atoms. The monoisotopic (exact) mass is 267 g/mol. The number of rotatable bonds is 6. The van der Waals surface area contributed by atoms with Gasteiger partial charge in [-0.2, -0.15) is 0 Å². The molecule has 0 saturated heterocycles. The molecule has 104 valence electrons. The molecule has 0 unspecified atom stereocenters. The van der Waals surface area contributed by atoms with Gasteiger partial charge in [-0.15, -0.1) is 0 Å². The molecule has 1 aromatic heterocycles. The predicted molar refractivity (Wildman–Crippen MR) is 67.0 cm³/mol. The van der Waals surface area contributed by atoms with Crippen LogP contribution in [-0.4, -0.2) is 37.4 Å². The highest BCUT2D eigenvalue weighted by Gasteiger charge is 2.18. The van der Waals surface area contributed by atoms with Crippen LogP contribution in [0.3, 0.4) is 0 Å². The zero-order valence-electron chi connectivity index (χ0n) is 11.2. The van der Waals surface area contributed by atoms with Gasteiger partial charge in [0.1, 0.15) is 0 Å². The lowest BCUT2D eigenvalue weighted by molar-refractivity contribution is -0.140. The number of ether oxygens (including phenoxy) is 2. The van der Waals surface area contributed by atoms with Crippen LogP contribution in [0.4, 0.5) is 0 Å². The minimum atomic E-state index is -0.390. The molecule has 0 saturated carbocycles. The average Bonchev–Trinajstić information content (AvgIpc) is 2.72. The molecular formula is C13H17NO5. The van der Waals surface area contributed by atoms with Crippen molar-refractivity contribution in [2.24, 2.45) is 0 Å². The molecule has 1 aromatic rings. The maximum Gasteiger partial charge on any atom is 0.310 e. The van der Waals surface area contributed by atoms with Gasteiger partial charge < -0.3 is 14.5 Å². The van der Waals surface area contributed by atoms with E-state index in [9.17, 15) is 14.4 Å². The van der Waals surface area contributed by atoms with Gasteiger partial charge in [0, 0.05) is 12.1 Å². The summed E-state index contributed by atoms with van der Waals surface area (Å²) in [5.41, 5.74) is 2.49. The van der Waals surface area contributed by atoms with E-state index in [1.54, 1.807) is 6.92 Å². The number of H-pyrrole nitrogens is 1. The maximum absolute atomic E-state index is 11.4. The number of aromatic nitrogens is 1. The van der Waals surface area contributed by atoms with Crippen molar-refractivity contribution in [2.75, 3.05) is 14.2 Å². The zero-order chi connectivity index (χ0) is 14.4. The molecular weight excluding hydrogens is 250 g/mol. The lowest BCUT2D eigenvalue weighted by Crippen LogP contribution is -2.09. The summed E-state index contributed by atoms with van der Waals surface area (Å²) in [6, 6.07) is 0. The lowest BCUT2D eigenvalue weighted by Gasteiger charge is -2.05. The highest BCUT2D eigenvalue weighted by molar-refractivity contribution is 5.80. The Labute approximate surface area is 111 Å². The first-order valence-electron chi connectivity index (χ1n) is 5.82. The van der Waals surface area contributed by atoms with Crippen LogP contribution in [0, 0.1) is 6.92 Å². The Kier molecular flexibility index (Phi) is 5.29. The molecule has 0 bridgehead atoms. The summed E-state index contributed by atoms with van der Waals surface area (Å²) in [6.07, 6.45) is 1.25. The summed E-state index contributed by atoms with van der Waals surface area (Å²) in [4.78, 5) is 36.4. The molecule has 0 aliphatic carbocycles. The standard InChI is InChI=1S/C13H17NO5/c1-8-10(6-13(17)19-3)9(11(7-15)14-8)4-5-12(16)18-2/h7,14H,4-6H2,1-3H3. The van der Waals surface area contributed by atoms with Gasteiger partial charge in [0.2, 0.25) is 0 Å². The quantitative estimate of drug-likeness (QED) is 0.613. The van der Waals surface area contributed by atoms with Crippen LogP contribution in [0.15, 0.2) is 0 Å². The molecule has 0 aliphatic rings. The fourth-order valence-electron chi connectivity index (χ4n) is 1.91. The number of hydrogen-bond acceptors (Lipinski definition) is 5. The third-order valence-electron chi connectivity index (χ3n) is 2.94. The largest absolute Gasteiger partial charge is 0.469 e. The number of methoxy groups -OCH3 is 2. The van der Waals surface area contributed by atoms with E-state index in [-0.39, 0.29) is 24.8 Å². The normalized spacial score (nSPS) is 10.1. The van der Waals surface area contributed by atoms with Crippen molar-refractivity contribution in [1.82, 2.24) is 4.98 Å². The van der Waals surface area contributed by atoms with Gasteiger partial charge in [-0.1, -0.05) is 0 Å². The summed E-state index contributed by atoms with van der Waals surface area (Å²) in [5.74, 6) is -0.751. The van der Waals surface area contributed by atoms with Crippen molar-refractivity contribution < 1.29 is 23.9 Å². The molecule has 0 radical (unpaired) electrons. The van der Waals surface area contributed by atoms with E-state index in [4.69, 9.17) is 0 Å². The number of nitrogens with one attached hydrogen (secondary N) is 1. The van der Waals surface area contributed by atoms with Gasteiger partial charge in [-0.3, -0.25) is 14.4 Å². The number of hydrogen-bond donors (Lipinski definition) is 1. The highest BCUT2D eigenvalue weighted by Crippen LogP contribution is 2.20. The van der Waals surface area contributed by atoms with Crippen LogP contribution in [0.5, 0.6) is 0 Å². The van der Waals surface area contributed by atoms with Gasteiger partial charge in [0.15, 0.2) is 6.29 Å². The van der Waals surface area contributed by atoms with E-state index in [0.29, 0.717) is 29.5 Å². The van der Waals surface area contributed by atoms with Crippen molar-refractivity contribution in [3.05, 3.63) is 22.5 Å². The second-order valence-electron chi connectivity index (χ2n) is 4.07. The highest BCUT2D eigenvalue weighted by atomic mass is 16.5. The Morgan fingerprint density at radius 2 is 1.79 bits per heavy atom. The topological polar surface area (TPSA) is 85.5 Å². The lowest BCUT2D eigenvalue weighted by atomic mass is 10.0. The fraction of sp³-hybridized carbons (Fsp3) is 0.462. The summed E-state index contributed by atoms with van der Waals surface area (Å²) in [6.45, 7) is 1.77. The molecule has 1 rings (SSSR count). The Bertz CT molecular complexity index is 489. The van der Waals surface area contributed by atoms with Crippen molar-refractivity contribution in [3.8, 4) is 0 Å². The minimum Gasteiger partial charge on any atom is -0.469 e. The molecule has 6 nitrogen and oxygen atoms in total. The van der Waals surface area contributed by atoms with Crippen LogP contribution in [0.2, 0.25) is 0 Å². The van der Waals surface area contributed by atoms with Crippen LogP contribution < -0.4 is 0 Å². The third-order valence-corrected chi connectivity index (χ3v) is 2.94. The smallest absolute Gasteiger partial charge is 0.310 e. The summed E-state index contributed by atoms with van der Waals surface area (Å²) >= 11 is 0. The molecule has 0 aromatic carbocycles. The van der Waals surface area contributed by atoms with E-state index in [0.717, 1.165) is 5.69 Å². The Morgan fingerprint density at radius 3 is 2.32 bits per heavy atom. The first-order chi connectivity index (χ1) is 9.03. The Balaban J connectivity index is 3.00. The van der Waals surface area contributed by atoms with E-state index >= 15 is 0 Å². The molecule has 1 N–H and O–H groups in total. The van der Waals surface area contributed by atoms with Crippen LogP contribution >= 0.6 is 0 Å². The third kappa shape index (κ3) is 3.67. The number of carbonyl (C=O) groups is 3. The molecule has 0 atom stereocenters. The second-order valence-corrected chi connectivity index (χ2v) is 4.07. The second kappa shape index (κ2) is 6.72. The van der Waals surface area contributed by atoms with E-state index in [1.165, 1.54) is 14.2 Å².